The zero-order chi connectivity index (χ0) is 17.3. The van der Waals surface area contributed by atoms with E-state index in [4.69, 9.17) is 30.5 Å². The third kappa shape index (κ3) is 2.84. The van der Waals surface area contributed by atoms with Crippen molar-refractivity contribution in [3.63, 3.8) is 0 Å². The quantitative estimate of drug-likeness (QED) is 0.756. The molecule has 6 nitrogen and oxygen atoms in total. The van der Waals surface area contributed by atoms with Crippen LogP contribution >= 0.6 is 27.5 Å². The van der Waals surface area contributed by atoms with Crippen LogP contribution in [0.5, 0.6) is 17.2 Å². The first-order chi connectivity index (χ1) is 11.6. The number of morpholine rings is 1. The Balaban J connectivity index is 2.12. The highest BCUT2D eigenvalue weighted by Gasteiger charge is 2.34. The molecule has 24 heavy (non-hydrogen) atoms. The Kier molecular flexibility index (Phi) is 5.21. The molecule has 2 heterocycles. The molecule has 0 radical (unpaired) electrons. The van der Waals surface area contributed by atoms with E-state index in [-0.39, 0.29) is 0 Å². The molecule has 1 unspecified atom stereocenters. The lowest BCUT2D eigenvalue weighted by Gasteiger charge is -2.36. The number of hydrogen-bond acceptors (Lipinski definition) is 6. The summed E-state index contributed by atoms with van der Waals surface area (Å²) < 4.78 is 22.9. The maximum absolute atomic E-state index is 9.55. The van der Waals surface area contributed by atoms with E-state index < -0.39 is 6.23 Å². The monoisotopic (exact) mass is 414 g/mol. The normalized spacial score (nSPS) is 20.5. The second-order valence-corrected chi connectivity index (χ2v) is 6.44. The second-order valence-electron chi connectivity index (χ2n) is 5.27. The summed E-state index contributed by atoms with van der Waals surface area (Å²) in [4.78, 5) is 2.07. The minimum Gasteiger partial charge on any atom is -0.494 e. The summed E-state index contributed by atoms with van der Waals surface area (Å²) in [5.74, 6) is 1.39. The maximum atomic E-state index is 9.55. The van der Waals surface area contributed by atoms with E-state index in [1.807, 2.05) is 0 Å². The summed E-state index contributed by atoms with van der Waals surface area (Å²) in [7, 11) is 3.04. The Labute approximate surface area is 153 Å². The van der Waals surface area contributed by atoms with Crippen LogP contribution in [0.3, 0.4) is 0 Å². The van der Waals surface area contributed by atoms with Crippen molar-refractivity contribution in [1.82, 2.24) is 4.90 Å². The van der Waals surface area contributed by atoms with Gasteiger partial charge in [0.2, 0.25) is 0 Å². The number of benzene rings is 1. The van der Waals surface area contributed by atoms with Crippen LogP contribution in [0.2, 0.25) is 5.02 Å². The lowest BCUT2D eigenvalue weighted by atomic mass is 10.0. The summed E-state index contributed by atoms with van der Waals surface area (Å²) >= 11 is 9.84. The van der Waals surface area contributed by atoms with Crippen molar-refractivity contribution < 1.29 is 18.9 Å². The Morgan fingerprint density at radius 1 is 1.29 bits per heavy atom. The van der Waals surface area contributed by atoms with Crippen LogP contribution in [0.25, 0.3) is 6.08 Å². The Hall–Kier alpha value is -1.46. The Morgan fingerprint density at radius 2 is 1.96 bits per heavy atom. The van der Waals surface area contributed by atoms with Gasteiger partial charge in [0.15, 0.2) is 23.5 Å². The summed E-state index contributed by atoms with van der Waals surface area (Å²) in [6.45, 7) is 2.61. The van der Waals surface area contributed by atoms with Gasteiger partial charge in [-0.25, -0.2) is 0 Å². The van der Waals surface area contributed by atoms with Gasteiger partial charge in [0.05, 0.1) is 38.6 Å². The molecule has 1 aromatic rings. The number of halogens is 2. The fraction of sp³-hybridized carbons (Fsp3) is 0.438. The first-order valence-corrected chi connectivity index (χ1v) is 8.52. The van der Waals surface area contributed by atoms with E-state index in [1.165, 1.54) is 14.2 Å². The third-order valence-corrected chi connectivity index (χ3v) is 5.06. The minimum atomic E-state index is -0.474. The lowest BCUT2D eigenvalue weighted by Crippen LogP contribution is -2.47. The van der Waals surface area contributed by atoms with Crippen molar-refractivity contribution in [3.8, 4) is 23.3 Å². The molecule has 128 valence electrons. The number of nitriles is 1. The fourth-order valence-corrected chi connectivity index (χ4v) is 3.97. The van der Waals surface area contributed by atoms with Crippen LogP contribution in [0.15, 0.2) is 10.0 Å². The van der Waals surface area contributed by atoms with Gasteiger partial charge in [0.25, 0.3) is 0 Å². The summed E-state index contributed by atoms with van der Waals surface area (Å²) in [6, 6.07) is 2.22. The predicted molar refractivity (Wildman–Crippen MR) is 92.7 cm³/mol. The van der Waals surface area contributed by atoms with Gasteiger partial charge < -0.3 is 18.9 Å². The molecular weight excluding hydrogens is 400 g/mol. The van der Waals surface area contributed by atoms with Gasteiger partial charge in [-0.2, -0.15) is 5.26 Å². The Bertz CT molecular complexity index is 726. The molecule has 1 fully saturated rings. The SMILES string of the molecule is COc1c(Cl)c(OC)c2c(c1Br)OC(N1CCOCC1)C(C#N)=C2. The van der Waals surface area contributed by atoms with E-state index in [1.54, 1.807) is 6.08 Å². The van der Waals surface area contributed by atoms with Crippen molar-refractivity contribution in [2.45, 2.75) is 6.23 Å². The van der Waals surface area contributed by atoms with Gasteiger partial charge in [-0.05, 0) is 22.0 Å². The molecule has 0 spiro atoms. The van der Waals surface area contributed by atoms with Crippen molar-refractivity contribution in [1.29, 1.82) is 5.26 Å². The number of hydrogen-bond donors (Lipinski definition) is 0. The minimum absolute atomic E-state index is 0.326. The van der Waals surface area contributed by atoms with Crippen LogP contribution in [0.1, 0.15) is 5.56 Å². The van der Waals surface area contributed by atoms with Crippen LogP contribution in [-0.4, -0.2) is 51.7 Å². The number of fused-ring (bicyclic) bond motifs is 1. The molecule has 1 aromatic carbocycles. The fourth-order valence-electron chi connectivity index (χ4n) is 2.84. The molecule has 0 bridgehead atoms. The van der Waals surface area contributed by atoms with E-state index in [2.05, 4.69) is 26.9 Å². The van der Waals surface area contributed by atoms with Gasteiger partial charge in [-0.15, -0.1) is 0 Å². The second kappa shape index (κ2) is 7.19. The van der Waals surface area contributed by atoms with E-state index in [9.17, 15) is 5.26 Å². The summed E-state index contributed by atoms with van der Waals surface area (Å²) in [5.41, 5.74) is 1.12. The average molecular weight is 416 g/mol. The van der Waals surface area contributed by atoms with Crippen molar-refractivity contribution >= 4 is 33.6 Å². The smallest absolute Gasteiger partial charge is 0.189 e. The first-order valence-electron chi connectivity index (χ1n) is 7.35. The third-order valence-electron chi connectivity index (χ3n) is 4.00. The summed E-state index contributed by atoms with van der Waals surface area (Å²) in [6.07, 6.45) is 1.28. The molecule has 2 aliphatic heterocycles. The maximum Gasteiger partial charge on any atom is 0.189 e. The predicted octanol–water partition coefficient (Wildman–Crippen LogP) is 3.08. The Morgan fingerprint density at radius 3 is 2.54 bits per heavy atom. The number of nitrogens with zero attached hydrogens (tertiary/aromatic N) is 2. The number of methoxy groups -OCH3 is 2. The van der Waals surface area contributed by atoms with Crippen molar-refractivity contribution in [2.24, 2.45) is 0 Å². The zero-order valence-corrected chi connectivity index (χ0v) is 15.6. The van der Waals surface area contributed by atoms with Gasteiger partial charge in [-0.1, -0.05) is 11.6 Å². The molecule has 0 amide bonds. The molecular formula is C16H16BrClN2O4. The van der Waals surface area contributed by atoms with E-state index >= 15 is 0 Å². The van der Waals surface area contributed by atoms with Gasteiger partial charge in [-0.3, -0.25) is 4.90 Å². The zero-order valence-electron chi connectivity index (χ0n) is 13.3. The van der Waals surface area contributed by atoms with Crippen LogP contribution in [0, 0.1) is 11.3 Å². The molecule has 1 saturated heterocycles. The van der Waals surface area contributed by atoms with Crippen LogP contribution in [0.4, 0.5) is 0 Å². The van der Waals surface area contributed by atoms with Gasteiger partial charge >= 0.3 is 0 Å². The van der Waals surface area contributed by atoms with Gasteiger partial charge in [0, 0.05) is 13.1 Å². The molecule has 2 aliphatic rings. The largest absolute Gasteiger partial charge is 0.494 e. The number of rotatable bonds is 3. The molecule has 1 atom stereocenters. The topological polar surface area (TPSA) is 63.9 Å². The molecule has 3 rings (SSSR count). The standard InChI is InChI=1S/C16H16BrClN2O4/c1-21-14-10-7-9(8-19)16(20-3-5-23-6-4-20)24-13(10)11(17)15(22-2)12(14)18/h7,16H,3-6H2,1-2H3. The van der Waals surface area contributed by atoms with Crippen molar-refractivity contribution in [2.75, 3.05) is 40.5 Å². The molecule has 0 aliphatic carbocycles. The van der Waals surface area contributed by atoms with E-state index in [0.29, 0.717) is 64.2 Å². The van der Waals surface area contributed by atoms with Crippen molar-refractivity contribution in [3.05, 3.63) is 20.6 Å². The van der Waals surface area contributed by atoms with Crippen LogP contribution < -0.4 is 14.2 Å². The highest BCUT2D eigenvalue weighted by molar-refractivity contribution is 9.10. The lowest BCUT2D eigenvalue weighted by molar-refractivity contribution is -0.0293. The first kappa shape index (κ1) is 17.4. The summed E-state index contributed by atoms with van der Waals surface area (Å²) in [5, 5.41) is 9.88. The number of ether oxygens (including phenoxy) is 4. The van der Waals surface area contributed by atoms with E-state index in [0.717, 1.165) is 0 Å². The molecule has 0 saturated carbocycles. The average Bonchev–Trinajstić information content (AvgIpc) is 2.62. The molecule has 8 heteroatoms. The highest BCUT2D eigenvalue weighted by Crippen LogP contribution is 2.52. The molecule has 0 aromatic heterocycles. The van der Waals surface area contributed by atoms with Gasteiger partial charge in [0.1, 0.15) is 15.6 Å². The highest BCUT2D eigenvalue weighted by atomic mass is 79.9. The van der Waals surface area contributed by atoms with Crippen LogP contribution in [-0.2, 0) is 4.74 Å². The molecule has 0 N–H and O–H groups in total.